The average Bonchev–Trinajstić information content (AvgIpc) is 2.53. The highest BCUT2D eigenvalue weighted by Crippen LogP contribution is 2.20. The van der Waals surface area contributed by atoms with E-state index in [1.54, 1.807) is 0 Å². The summed E-state index contributed by atoms with van der Waals surface area (Å²) in [6.45, 7) is 14.0. The molecule has 1 heterocycles. The Hall–Kier alpha value is -0.860. The first kappa shape index (κ1) is 16.5. The van der Waals surface area contributed by atoms with Crippen molar-refractivity contribution in [2.75, 3.05) is 26.2 Å². The molecular formula is C19H32N2. The highest BCUT2D eigenvalue weighted by atomic mass is 15.1. The van der Waals surface area contributed by atoms with Crippen LogP contribution in [0.3, 0.4) is 0 Å². The third-order valence-electron chi connectivity index (χ3n) is 4.97. The lowest BCUT2D eigenvalue weighted by Gasteiger charge is -2.31. The fraction of sp³-hybridized carbons (Fsp3) is 0.684. The molecule has 0 radical (unpaired) electrons. The van der Waals surface area contributed by atoms with Gasteiger partial charge in [-0.15, -0.1) is 0 Å². The summed E-state index contributed by atoms with van der Waals surface area (Å²) >= 11 is 0. The van der Waals surface area contributed by atoms with Crippen LogP contribution < -0.4 is 5.32 Å². The minimum atomic E-state index is 0.454. The third kappa shape index (κ3) is 4.82. The largest absolute Gasteiger partial charge is 0.310 e. The standard InChI is InChI=1S/C19H32N2/c1-5-21-12-10-17(11-13-21)14-20-16(4)19-8-6-18(7-9-19)15(2)3/h6-9,15-17,20H,5,10-14H2,1-4H3. The predicted molar refractivity (Wildman–Crippen MR) is 91.8 cm³/mol. The molecule has 0 saturated carbocycles. The molecule has 0 amide bonds. The molecule has 1 aromatic rings. The van der Waals surface area contributed by atoms with Gasteiger partial charge in [0.15, 0.2) is 0 Å². The molecule has 1 unspecified atom stereocenters. The van der Waals surface area contributed by atoms with Crippen molar-refractivity contribution in [3.63, 3.8) is 0 Å². The molecule has 1 N–H and O–H groups in total. The van der Waals surface area contributed by atoms with Gasteiger partial charge in [0.05, 0.1) is 0 Å². The second-order valence-electron chi connectivity index (χ2n) is 6.83. The Bertz CT molecular complexity index is 402. The first-order valence-electron chi connectivity index (χ1n) is 8.65. The van der Waals surface area contributed by atoms with Crippen LogP contribution in [0.4, 0.5) is 0 Å². The lowest BCUT2D eigenvalue weighted by atomic mass is 9.95. The second kappa shape index (κ2) is 7.95. The molecule has 2 nitrogen and oxygen atoms in total. The van der Waals surface area contributed by atoms with Crippen molar-refractivity contribution >= 4 is 0 Å². The summed E-state index contributed by atoms with van der Waals surface area (Å²) in [4.78, 5) is 2.56. The van der Waals surface area contributed by atoms with E-state index in [1.807, 2.05) is 0 Å². The minimum Gasteiger partial charge on any atom is -0.310 e. The number of benzene rings is 1. The summed E-state index contributed by atoms with van der Waals surface area (Å²) in [6.07, 6.45) is 2.69. The van der Waals surface area contributed by atoms with E-state index in [-0.39, 0.29) is 0 Å². The fourth-order valence-electron chi connectivity index (χ4n) is 3.14. The maximum atomic E-state index is 3.73. The van der Waals surface area contributed by atoms with Gasteiger partial charge in [0.25, 0.3) is 0 Å². The van der Waals surface area contributed by atoms with Crippen LogP contribution in [0.5, 0.6) is 0 Å². The zero-order valence-corrected chi connectivity index (χ0v) is 14.2. The third-order valence-corrected chi connectivity index (χ3v) is 4.97. The lowest BCUT2D eigenvalue weighted by molar-refractivity contribution is 0.188. The van der Waals surface area contributed by atoms with E-state index < -0.39 is 0 Å². The molecule has 0 aromatic heterocycles. The SMILES string of the molecule is CCN1CCC(CNC(C)c2ccc(C(C)C)cc2)CC1. The Kier molecular flexibility index (Phi) is 6.25. The van der Waals surface area contributed by atoms with E-state index >= 15 is 0 Å². The van der Waals surface area contributed by atoms with Crippen LogP contribution in [0.2, 0.25) is 0 Å². The van der Waals surface area contributed by atoms with E-state index in [2.05, 4.69) is 62.2 Å². The van der Waals surface area contributed by atoms with Gasteiger partial charge in [-0.25, -0.2) is 0 Å². The topological polar surface area (TPSA) is 15.3 Å². The number of piperidine rings is 1. The van der Waals surface area contributed by atoms with Crippen LogP contribution in [0.1, 0.15) is 63.6 Å². The molecule has 1 aliphatic heterocycles. The monoisotopic (exact) mass is 288 g/mol. The quantitative estimate of drug-likeness (QED) is 0.844. The van der Waals surface area contributed by atoms with Crippen molar-refractivity contribution in [3.8, 4) is 0 Å². The van der Waals surface area contributed by atoms with Crippen LogP contribution in [-0.2, 0) is 0 Å². The molecule has 0 aliphatic carbocycles. The molecule has 21 heavy (non-hydrogen) atoms. The van der Waals surface area contributed by atoms with Crippen LogP contribution in [0.15, 0.2) is 24.3 Å². The summed E-state index contributed by atoms with van der Waals surface area (Å²) in [7, 11) is 0. The second-order valence-corrected chi connectivity index (χ2v) is 6.83. The average molecular weight is 288 g/mol. The van der Waals surface area contributed by atoms with Crippen LogP contribution in [0.25, 0.3) is 0 Å². The number of nitrogens with one attached hydrogen (secondary N) is 1. The molecule has 1 fully saturated rings. The highest BCUT2D eigenvalue weighted by molar-refractivity contribution is 5.26. The number of rotatable bonds is 6. The first-order chi connectivity index (χ1) is 10.1. The van der Waals surface area contributed by atoms with Gasteiger partial charge in [0.1, 0.15) is 0 Å². The van der Waals surface area contributed by atoms with Gasteiger partial charge in [-0.3, -0.25) is 0 Å². The number of nitrogens with zero attached hydrogens (tertiary/aromatic N) is 1. The molecule has 1 saturated heterocycles. The highest BCUT2D eigenvalue weighted by Gasteiger charge is 2.18. The smallest absolute Gasteiger partial charge is 0.0291 e. The van der Waals surface area contributed by atoms with Crippen molar-refractivity contribution in [1.29, 1.82) is 0 Å². The summed E-state index contributed by atoms with van der Waals surface area (Å²) in [6, 6.07) is 9.57. The Balaban J connectivity index is 1.78. The van der Waals surface area contributed by atoms with Crippen molar-refractivity contribution in [1.82, 2.24) is 10.2 Å². The Morgan fingerprint density at radius 3 is 2.14 bits per heavy atom. The normalized spacial score (nSPS) is 19.1. The van der Waals surface area contributed by atoms with E-state index in [1.165, 1.54) is 43.6 Å². The molecule has 1 aliphatic rings. The van der Waals surface area contributed by atoms with Gasteiger partial charge in [0.2, 0.25) is 0 Å². The first-order valence-corrected chi connectivity index (χ1v) is 8.65. The van der Waals surface area contributed by atoms with Crippen molar-refractivity contribution in [3.05, 3.63) is 35.4 Å². The zero-order chi connectivity index (χ0) is 15.2. The summed E-state index contributed by atoms with van der Waals surface area (Å²) < 4.78 is 0. The van der Waals surface area contributed by atoms with E-state index in [4.69, 9.17) is 0 Å². The summed E-state index contributed by atoms with van der Waals surface area (Å²) in [5, 5.41) is 3.73. The molecule has 2 heteroatoms. The van der Waals surface area contributed by atoms with E-state index in [0.717, 1.165) is 12.5 Å². The maximum Gasteiger partial charge on any atom is 0.0291 e. The van der Waals surface area contributed by atoms with Gasteiger partial charge in [0, 0.05) is 6.04 Å². The molecule has 0 spiro atoms. The number of hydrogen-bond acceptors (Lipinski definition) is 2. The number of likely N-dealkylation sites (tertiary alicyclic amines) is 1. The van der Waals surface area contributed by atoms with Crippen LogP contribution in [-0.4, -0.2) is 31.1 Å². The van der Waals surface area contributed by atoms with Gasteiger partial charge < -0.3 is 10.2 Å². The van der Waals surface area contributed by atoms with Gasteiger partial charge in [-0.2, -0.15) is 0 Å². The molecule has 1 aromatic carbocycles. The number of hydrogen-bond donors (Lipinski definition) is 1. The molecular weight excluding hydrogens is 256 g/mol. The molecule has 118 valence electrons. The Labute approximate surface area is 130 Å². The van der Waals surface area contributed by atoms with Gasteiger partial charge in [-0.1, -0.05) is 45.0 Å². The maximum absolute atomic E-state index is 3.73. The minimum absolute atomic E-state index is 0.454. The zero-order valence-electron chi connectivity index (χ0n) is 14.2. The van der Waals surface area contributed by atoms with Crippen molar-refractivity contribution in [2.45, 2.75) is 52.5 Å². The lowest BCUT2D eigenvalue weighted by Crippen LogP contribution is -2.37. The van der Waals surface area contributed by atoms with Gasteiger partial charge >= 0.3 is 0 Å². The molecule has 0 bridgehead atoms. The van der Waals surface area contributed by atoms with Gasteiger partial charge in [-0.05, 0) is 68.9 Å². The van der Waals surface area contributed by atoms with Crippen molar-refractivity contribution in [2.24, 2.45) is 5.92 Å². The predicted octanol–water partition coefficient (Wildman–Crippen LogP) is 4.19. The van der Waals surface area contributed by atoms with Crippen molar-refractivity contribution < 1.29 is 0 Å². The fourth-order valence-corrected chi connectivity index (χ4v) is 3.14. The summed E-state index contributed by atoms with van der Waals surface area (Å²) in [5.74, 6) is 1.47. The van der Waals surface area contributed by atoms with E-state index in [0.29, 0.717) is 12.0 Å². The summed E-state index contributed by atoms with van der Waals surface area (Å²) in [5.41, 5.74) is 2.84. The van der Waals surface area contributed by atoms with Crippen LogP contribution in [0, 0.1) is 5.92 Å². The van der Waals surface area contributed by atoms with E-state index in [9.17, 15) is 0 Å². The molecule has 1 atom stereocenters. The van der Waals surface area contributed by atoms with Crippen LogP contribution >= 0.6 is 0 Å². The molecule has 2 rings (SSSR count). The Morgan fingerprint density at radius 1 is 1.05 bits per heavy atom. The Morgan fingerprint density at radius 2 is 1.62 bits per heavy atom.